The molecule has 2 amide bonds. The number of carbonyl (C=O) groups is 2. The van der Waals surface area contributed by atoms with E-state index in [0.29, 0.717) is 55.5 Å². The van der Waals surface area contributed by atoms with Gasteiger partial charge in [0.25, 0.3) is 5.91 Å². The Labute approximate surface area is 246 Å². The lowest BCUT2D eigenvalue weighted by Crippen LogP contribution is -2.42. The first-order chi connectivity index (χ1) is 20.0. The second-order valence-corrected chi connectivity index (χ2v) is 12.6. The van der Waals surface area contributed by atoms with E-state index in [-0.39, 0.29) is 40.0 Å². The Morgan fingerprint density at radius 1 is 1.02 bits per heavy atom. The summed E-state index contributed by atoms with van der Waals surface area (Å²) in [7, 11) is 1.60. The van der Waals surface area contributed by atoms with Crippen LogP contribution in [-0.4, -0.2) is 48.6 Å². The minimum atomic E-state index is -0.390. The summed E-state index contributed by atoms with van der Waals surface area (Å²) in [6.45, 7) is 9.98. The van der Waals surface area contributed by atoms with Crippen molar-refractivity contribution in [3.05, 3.63) is 76.9 Å². The molecule has 3 aliphatic heterocycles. The molecule has 1 fully saturated rings. The van der Waals surface area contributed by atoms with Gasteiger partial charge in [0.15, 0.2) is 11.5 Å². The number of fused-ring (bicyclic) bond motifs is 6. The van der Waals surface area contributed by atoms with Crippen molar-refractivity contribution in [3.8, 4) is 28.7 Å². The Kier molecular flexibility index (Phi) is 6.83. The van der Waals surface area contributed by atoms with Crippen molar-refractivity contribution in [2.24, 2.45) is 16.7 Å². The van der Waals surface area contributed by atoms with Crippen molar-refractivity contribution < 1.29 is 28.9 Å². The van der Waals surface area contributed by atoms with Crippen LogP contribution in [0.4, 0.5) is 0 Å². The summed E-state index contributed by atoms with van der Waals surface area (Å²) >= 11 is 0. The molecule has 8 heteroatoms. The molecule has 1 atom stereocenters. The minimum Gasteiger partial charge on any atom is -0.507 e. The molecule has 0 saturated heterocycles. The SMILES string of the molecule is COc1ccc2cc1OCCCNC(=O)c1cc(ccc1O)Oc1ccc3c(c1)CCN(C(=O)C1C(C)(C)C1(C)C)C23. The van der Waals surface area contributed by atoms with Gasteiger partial charge in [-0.2, -0.15) is 0 Å². The molecule has 220 valence electrons. The van der Waals surface area contributed by atoms with Crippen LogP contribution in [0.25, 0.3) is 0 Å². The summed E-state index contributed by atoms with van der Waals surface area (Å²) in [6, 6.07) is 16.1. The second-order valence-electron chi connectivity index (χ2n) is 12.6. The Morgan fingerprint density at radius 3 is 2.50 bits per heavy atom. The lowest BCUT2D eigenvalue weighted by atomic mass is 9.87. The zero-order chi connectivity index (χ0) is 29.8. The number of hydrogen-bond acceptors (Lipinski definition) is 6. The van der Waals surface area contributed by atoms with Crippen molar-refractivity contribution >= 4 is 11.8 Å². The molecule has 8 nitrogen and oxygen atoms in total. The van der Waals surface area contributed by atoms with Gasteiger partial charge in [0.1, 0.15) is 17.2 Å². The fraction of sp³-hybridized carbons (Fsp3) is 0.412. The molecule has 0 spiro atoms. The molecular weight excluding hydrogens is 532 g/mol. The third-order valence-electron chi connectivity index (χ3n) is 9.71. The third kappa shape index (κ3) is 4.63. The van der Waals surface area contributed by atoms with E-state index in [2.05, 4.69) is 33.0 Å². The number of hydrogen-bond donors (Lipinski definition) is 2. The topological polar surface area (TPSA) is 97.3 Å². The zero-order valence-corrected chi connectivity index (χ0v) is 24.8. The van der Waals surface area contributed by atoms with Crippen molar-refractivity contribution in [3.63, 3.8) is 0 Å². The van der Waals surface area contributed by atoms with E-state index in [1.807, 2.05) is 41.3 Å². The molecule has 3 aromatic carbocycles. The van der Waals surface area contributed by atoms with E-state index in [4.69, 9.17) is 14.2 Å². The fourth-order valence-electron chi connectivity index (χ4n) is 6.67. The highest BCUT2D eigenvalue weighted by atomic mass is 16.5. The number of rotatable bonds is 2. The van der Waals surface area contributed by atoms with E-state index in [0.717, 1.165) is 16.7 Å². The Morgan fingerprint density at radius 2 is 1.76 bits per heavy atom. The molecule has 42 heavy (non-hydrogen) atoms. The highest BCUT2D eigenvalue weighted by Crippen LogP contribution is 2.69. The van der Waals surface area contributed by atoms with Gasteiger partial charge in [-0.3, -0.25) is 9.59 Å². The maximum atomic E-state index is 14.2. The van der Waals surface area contributed by atoms with Crippen LogP contribution >= 0.6 is 0 Å². The average Bonchev–Trinajstić information content (AvgIpc) is 3.39. The van der Waals surface area contributed by atoms with Crippen molar-refractivity contribution in [1.82, 2.24) is 10.2 Å². The van der Waals surface area contributed by atoms with Crippen LogP contribution in [0.5, 0.6) is 28.7 Å². The van der Waals surface area contributed by atoms with Crippen LogP contribution in [-0.2, 0) is 11.2 Å². The van der Waals surface area contributed by atoms with Crippen molar-refractivity contribution in [2.75, 3.05) is 26.8 Å². The quantitative estimate of drug-likeness (QED) is 0.401. The number of phenols is 1. The van der Waals surface area contributed by atoms with Crippen LogP contribution in [0.1, 0.15) is 67.2 Å². The molecule has 0 radical (unpaired) electrons. The molecule has 4 aliphatic rings. The van der Waals surface area contributed by atoms with Crippen LogP contribution < -0.4 is 19.5 Å². The van der Waals surface area contributed by atoms with E-state index in [9.17, 15) is 14.7 Å². The van der Waals surface area contributed by atoms with Gasteiger partial charge in [-0.25, -0.2) is 0 Å². The van der Waals surface area contributed by atoms with Crippen molar-refractivity contribution in [2.45, 2.75) is 46.6 Å². The highest BCUT2D eigenvalue weighted by Gasteiger charge is 2.69. The highest BCUT2D eigenvalue weighted by molar-refractivity contribution is 5.97. The van der Waals surface area contributed by atoms with Gasteiger partial charge in [0.2, 0.25) is 5.91 Å². The molecule has 3 aromatic rings. The molecule has 8 bridgehead atoms. The predicted octanol–water partition coefficient (Wildman–Crippen LogP) is 5.86. The lowest BCUT2D eigenvalue weighted by Gasteiger charge is -2.39. The standard InChI is InChI=1S/C34H38N2O6/c1-33(2)30(34(33,3)4)32(39)36-15-13-20-17-22-8-10-24(20)29(36)21-7-12-27(40-5)28(18-21)41-16-6-14-35-31(38)25-19-23(42-22)9-11-26(25)37/h7-12,17-19,29-30,37H,6,13-16H2,1-5H3,(H,35,38). The van der Waals surface area contributed by atoms with Crippen LogP contribution in [0.2, 0.25) is 0 Å². The lowest BCUT2D eigenvalue weighted by molar-refractivity contribution is -0.136. The second kappa shape index (κ2) is 10.3. The van der Waals surface area contributed by atoms with E-state index >= 15 is 0 Å². The fourth-order valence-corrected chi connectivity index (χ4v) is 6.67. The first-order valence-electron chi connectivity index (χ1n) is 14.6. The summed E-state index contributed by atoms with van der Waals surface area (Å²) < 4.78 is 17.9. The molecule has 1 unspecified atom stereocenters. The molecular formula is C34H38N2O6. The number of methoxy groups -OCH3 is 1. The number of benzene rings is 3. The smallest absolute Gasteiger partial charge is 0.255 e. The predicted molar refractivity (Wildman–Crippen MR) is 158 cm³/mol. The number of carbonyl (C=O) groups excluding carboxylic acids is 2. The number of aromatic hydroxyl groups is 1. The van der Waals surface area contributed by atoms with Crippen LogP contribution in [0, 0.1) is 16.7 Å². The maximum Gasteiger partial charge on any atom is 0.255 e. The Balaban J connectivity index is 1.45. The van der Waals surface area contributed by atoms with Gasteiger partial charge in [-0.05, 0) is 82.8 Å². The largest absolute Gasteiger partial charge is 0.507 e. The maximum absolute atomic E-state index is 14.2. The Bertz CT molecular complexity index is 1550. The molecule has 1 saturated carbocycles. The average molecular weight is 571 g/mol. The number of amides is 2. The van der Waals surface area contributed by atoms with Gasteiger partial charge in [-0.15, -0.1) is 0 Å². The van der Waals surface area contributed by atoms with Gasteiger partial charge in [0.05, 0.1) is 25.3 Å². The van der Waals surface area contributed by atoms with E-state index in [1.165, 1.54) is 6.07 Å². The number of nitrogens with one attached hydrogen (secondary N) is 1. The Hall–Kier alpha value is -4.20. The molecule has 7 rings (SSSR count). The molecule has 3 heterocycles. The number of ether oxygens (including phenoxy) is 3. The molecule has 0 aromatic heterocycles. The van der Waals surface area contributed by atoms with Gasteiger partial charge >= 0.3 is 0 Å². The van der Waals surface area contributed by atoms with Crippen LogP contribution in [0.3, 0.4) is 0 Å². The van der Waals surface area contributed by atoms with Gasteiger partial charge in [-0.1, -0.05) is 39.8 Å². The first kappa shape index (κ1) is 27.9. The molecule has 2 N–H and O–H groups in total. The van der Waals surface area contributed by atoms with E-state index < -0.39 is 5.91 Å². The summed E-state index contributed by atoms with van der Waals surface area (Å²) in [4.78, 5) is 29.0. The third-order valence-corrected chi connectivity index (χ3v) is 9.71. The number of phenolic OH excluding ortho intramolecular Hbond substituents is 1. The summed E-state index contributed by atoms with van der Waals surface area (Å²) in [6.07, 6.45) is 1.23. The zero-order valence-electron chi connectivity index (χ0n) is 24.8. The molecule has 1 aliphatic carbocycles. The monoisotopic (exact) mass is 570 g/mol. The van der Waals surface area contributed by atoms with Crippen LogP contribution in [0.15, 0.2) is 54.6 Å². The summed E-state index contributed by atoms with van der Waals surface area (Å²) in [5.41, 5.74) is 3.06. The minimum absolute atomic E-state index is 0.0601. The van der Waals surface area contributed by atoms with Gasteiger partial charge in [0, 0.05) is 19.0 Å². The normalized spacial score (nSPS) is 20.8. The number of nitrogens with zero attached hydrogens (tertiary/aromatic N) is 1. The summed E-state index contributed by atoms with van der Waals surface area (Å²) in [5, 5.41) is 13.2. The van der Waals surface area contributed by atoms with Crippen molar-refractivity contribution in [1.29, 1.82) is 0 Å². The van der Waals surface area contributed by atoms with Gasteiger partial charge < -0.3 is 29.5 Å². The van der Waals surface area contributed by atoms with E-state index in [1.54, 1.807) is 19.2 Å². The summed E-state index contributed by atoms with van der Waals surface area (Å²) in [5.74, 6) is 1.85. The first-order valence-corrected chi connectivity index (χ1v) is 14.6.